The van der Waals surface area contributed by atoms with E-state index in [4.69, 9.17) is 4.74 Å². The lowest BCUT2D eigenvalue weighted by molar-refractivity contribution is 0.0515. The van der Waals surface area contributed by atoms with Crippen molar-refractivity contribution in [2.45, 2.75) is 13.8 Å². The Morgan fingerprint density at radius 2 is 2.15 bits per heavy atom. The molecule has 1 aromatic carbocycles. The number of benzene rings is 1. The second-order valence-corrected chi connectivity index (χ2v) is 4.10. The fourth-order valence-electron chi connectivity index (χ4n) is 1.79. The Balaban J connectivity index is 2.57. The van der Waals surface area contributed by atoms with Gasteiger partial charge in [-0.2, -0.15) is 5.10 Å². The van der Waals surface area contributed by atoms with Crippen molar-refractivity contribution in [1.82, 2.24) is 9.78 Å². The highest BCUT2D eigenvalue weighted by Gasteiger charge is 2.16. The Bertz CT molecular complexity index is 690. The molecule has 6 heteroatoms. The summed E-state index contributed by atoms with van der Waals surface area (Å²) in [4.78, 5) is 23.2. The highest BCUT2D eigenvalue weighted by atomic mass is 19.1. The van der Waals surface area contributed by atoms with Gasteiger partial charge in [0.1, 0.15) is 11.5 Å². The van der Waals surface area contributed by atoms with Gasteiger partial charge in [-0.15, -0.1) is 0 Å². The molecule has 5 nitrogen and oxygen atoms in total. The van der Waals surface area contributed by atoms with Crippen molar-refractivity contribution in [1.29, 1.82) is 0 Å². The third-order valence-electron chi connectivity index (χ3n) is 2.69. The van der Waals surface area contributed by atoms with Crippen molar-refractivity contribution in [2.75, 3.05) is 6.61 Å². The van der Waals surface area contributed by atoms with Crippen LogP contribution in [0.3, 0.4) is 0 Å². The lowest BCUT2D eigenvalue weighted by Crippen LogP contribution is -2.23. The van der Waals surface area contributed by atoms with Crippen LogP contribution in [0.4, 0.5) is 4.39 Å². The first-order chi connectivity index (χ1) is 9.54. The first-order valence-electron chi connectivity index (χ1n) is 6.07. The topological polar surface area (TPSA) is 61.2 Å². The number of halogens is 1. The third kappa shape index (κ3) is 2.59. The molecule has 0 aliphatic heterocycles. The van der Waals surface area contributed by atoms with Crippen LogP contribution in [0, 0.1) is 12.7 Å². The molecule has 0 radical (unpaired) electrons. The fourth-order valence-corrected chi connectivity index (χ4v) is 1.79. The number of rotatable bonds is 3. The summed E-state index contributed by atoms with van der Waals surface area (Å²) in [7, 11) is 0. The van der Waals surface area contributed by atoms with E-state index in [-0.39, 0.29) is 18.0 Å². The number of hydrogen-bond acceptors (Lipinski definition) is 4. The van der Waals surface area contributed by atoms with Gasteiger partial charge in [0.25, 0.3) is 0 Å². The van der Waals surface area contributed by atoms with E-state index >= 15 is 0 Å². The monoisotopic (exact) mass is 276 g/mol. The number of aryl methyl sites for hydroxylation is 1. The molecule has 20 heavy (non-hydrogen) atoms. The minimum absolute atomic E-state index is 0.133. The summed E-state index contributed by atoms with van der Waals surface area (Å²) in [5.41, 5.74) is -0.0975. The van der Waals surface area contributed by atoms with Crippen molar-refractivity contribution in [3.05, 3.63) is 57.8 Å². The smallest absolute Gasteiger partial charge is 0.362 e. The number of carbonyl (C=O) groups is 1. The van der Waals surface area contributed by atoms with Crippen LogP contribution in [0.1, 0.15) is 23.0 Å². The molecule has 0 unspecified atom stereocenters. The predicted molar refractivity (Wildman–Crippen MR) is 70.5 cm³/mol. The van der Waals surface area contributed by atoms with Crippen molar-refractivity contribution in [3.8, 4) is 5.69 Å². The molecule has 0 aliphatic carbocycles. The molecule has 104 valence electrons. The van der Waals surface area contributed by atoms with Crippen LogP contribution in [-0.4, -0.2) is 22.4 Å². The molecule has 0 saturated heterocycles. The number of carbonyl (C=O) groups excluding carboxylic acids is 1. The summed E-state index contributed by atoms with van der Waals surface area (Å²) >= 11 is 0. The summed E-state index contributed by atoms with van der Waals surface area (Å²) in [6.45, 7) is 3.47. The number of hydrogen-bond donors (Lipinski definition) is 0. The summed E-state index contributed by atoms with van der Waals surface area (Å²) in [6, 6.07) is 5.72. The Morgan fingerprint density at radius 1 is 1.40 bits per heavy atom. The molecule has 0 saturated carbocycles. The maximum Gasteiger partial charge on any atom is 0.362 e. The van der Waals surface area contributed by atoms with Crippen LogP contribution in [0.5, 0.6) is 0 Å². The minimum Gasteiger partial charge on any atom is -0.461 e. The van der Waals surface area contributed by atoms with Crippen LogP contribution < -0.4 is 5.43 Å². The Labute approximate surface area is 114 Å². The Morgan fingerprint density at radius 3 is 2.80 bits per heavy atom. The highest BCUT2D eigenvalue weighted by molar-refractivity contribution is 5.86. The second-order valence-electron chi connectivity index (χ2n) is 4.10. The summed E-state index contributed by atoms with van der Waals surface area (Å²) in [5, 5.41) is 3.87. The summed E-state index contributed by atoms with van der Waals surface area (Å²) in [5.74, 6) is -1.31. The molecule has 1 aromatic heterocycles. The first-order valence-corrected chi connectivity index (χ1v) is 6.07. The van der Waals surface area contributed by atoms with Gasteiger partial charge >= 0.3 is 5.97 Å². The van der Waals surface area contributed by atoms with Crippen LogP contribution in [0.25, 0.3) is 5.69 Å². The second kappa shape index (κ2) is 5.64. The third-order valence-corrected chi connectivity index (χ3v) is 2.69. The average Bonchev–Trinajstić information content (AvgIpc) is 2.40. The SMILES string of the molecule is CCOC(=O)c1nn(-c2c(C)cccc2F)ccc1=O. The zero-order valence-corrected chi connectivity index (χ0v) is 11.1. The maximum atomic E-state index is 13.9. The van der Waals surface area contributed by atoms with Gasteiger partial charge in [-0.1, -0.05) is 12.1 Å². The van der Waals surface area contributed by atoms with Crippen LogP contribution in [0.2, 0.25) is 0 Å². The molecule has 0 spiro atoms. The van der Waals surface area contributed by atoms with E-state index in [1.807, 2.05) is 0 Å². The number of ether oxygens (including phenoxy) is 1. The summed E-state index contributed by atoms with van der Waals surface area (Å²) < 4.78 is 19.8. The number of para-hydroxylation sites is 1. The standard InChI is InChI=1S/C14H13FN2O3/c1-3-20-14(19)12-11(18)7-8-17(16-12)13-9(2)5-4-6-10(13)15/h4-8H,3H2,1-2H3. The van der Waals surface area contributed by atoms with Gasteiger partial charge in [-0.3, -0.25) is 4.79 Å². The summed E-state index contributed by atoms with van der Waals surface area (Å²) in [6.07, 6.45) is 1.32. The molecule has 2 rings (SSSR count). The molecular formula is C14H13FN2O3. The van der Waals surface area contributed by atoms with Gasteiger partial charge in [0.2, 0.25) is 11.1 Å². The molecule has 0 amide bonds. The lowest BCUT2D eigenvalue weighted by atomic mass is 10.2. The van der Waals surface area contributed by atoms with Gasteiger partial charge in [0.15, 0.2) is 0 Å². The van der Waals surface area contributed by atoms with E-state index in [1.54, 1.807) is 26.0 Å². The van der Waals surface area contributed by atoms with Crippen molar-refractivity contribution < 1.29 is 13.9 Å². The molecule has 2 aromatic rings. The molecule has 0 fully saturated rings. The zero-order valence-electron chi connectivity index (χ0n) is 11.1. The van der Waals surface area contributed by atoms with Crippen LogP contribution in [-0.2, 0) is 4.74 Å². The van der Waals surface area contributed by atoms with Gasteiger partial charge < -0.3 is 4.74 Å². The fraction of sp³-hybridized carbons (Fsp3) is 0.214. The van der Waals surface area contributed by atoms with Crippen LogP contribution in [0.15, 0.2) is 35.3 Å². The molecule has 0 N–H and O–H groups in total. The largest absolute Gasteiger partial charge is 0.461 e. The molecule has 0 bridgehead atoms. The van der Waals surface area contributed by atoms with E-state index in [0.717, 1.165) is 6.07 Å². The maximum absolute atomic E-state index is 13.9. The number of aromatic nitrogens is 2. The van der Waals surface area contributed by atoms with Crippen molar-refractivity contribution >= 4 is 5.97 Å². The highest BCUT2D eigenvalue weighted by Crippen LogP contribution is 2.16. The molecular weight excluding hydrogens is 263 g/mol. The van der Waals surface area contributed by atoms with Gasteiger partial charge in [-0.25, -0.2) is 13.9 Å². The first kappa shape index (κ1) is 13.9. The van der Waals surface area contributed by atoms with Crippen molar-refractivity contribution in [3.63, 3.8) is 0 Å². The van der Waals surface area contributed by atoms with Gasteiger partial charge in [-0.05, 0) is 25.5 Å². The van der Waals surface area contributed by atoms with Crippen LogP contribution >= 0.6 is 0 Å². The zero-order chi connectivity index (χ0) is 14.7. The van der Waals surface area contributed by atoms with E-state index in [2.05, 4.69) is 5.10 Å². The lowest BCUT2D eigenvalue weighted by Gasteiger charge is -2.10. The normalized spacial score (nSPS) is 10.3. The van der Waals surface area contributed by atoms with Crippen molar-refractivity contribution in [2.24, 2.45) is 0 Å². The molecule has 0 atom stereocenters. The van der Waals surface area contributed by atoms with Gasteiger partial charge in [0.05, 0.1) is 6.61 Å². The van der Waals surface area contributed by atoms with E-state index in [1.165, 1.54) is 16.9 Å². The van der Waals surface area contributed by atoms with Gasteiger partial charge in [0, 0.05) is 12.3 Å². The predicted octanol–water partition coefficient (Wildman–Crippen LogP) is 1.86. The molecule has 0 aliphatic rings. The van der Waals surface area contributed by atoms with E-state index in [0.29, 0.717) is 5.56 Å². The molecule has 1 heterocycles. The minimum atomic E-state index is -0.819. The van der Waals surface area contributed by atoms with E-state index < -0.39 is 17.2 Å². The Hall–Kier alpha value is -2.50. The Kier molecular flexibility index (Phi) is 3.93. The average molecular weight is 276 g/mol. The number of nitrogens with zero attached hydrogens (tertiary/aromatic N) is 2. The van der Waals surface area contributed by atoms with E-state index in [9.17, 15) is 14.0 Å². The quantitative estimate of drug-likeness (QED) is 0.803. The number of esters is 1.